The molecule has 0 aromatic carbocycles. The molecule has 1 aromatic rings. The summed E-state index contributed by atoms with van der Waals surface area (Å²) in [7, 11) is 0. The number of nitrogens with zero attached hydrogens (tertiary/aromatic N) is 2. The van der Waals surface area contributed by atoms with Gasteiger partial charge in [0.2, 0.25) is 23.4 Å². The molecule has 1 aliphatic heterocycles. The zero-order valence-corrected chi connectivity index (χ0v) is 28.3. The van der Waals surface area contributed by atoms with Gasteiger partial charge in [-0.15, -0.1) is 17.9 Å². The third-order valence-electron chi connectivity index (χ3n) is 8.73. The molecule has 260 valence electrons. The van der Waals surface area contributed by atoms with E-state index in [2.05, 4.69) is 32.8 Å². The van der Waals surface area contributed by atoms with Crippen LogP contribution in [0, 0.1) is 28.6 Å². The van der Waals surface area contributed by atoms with Crippen molar-refractivity contribution in [2.24, 2.45) is 28.6 Å². The molecule has 5 amide bonds. The number of piperidine rings is 1. The van der Waals surface area contributed by atoms with Crippen LogP contribution in [0.5, 0.6) is 0 Å². The first-order chi connectivity index (χ1) is 21.6. The van der Waals surface area contributed by atoms with Gasteiger partial charge in [0.1, 0.15) is 18.1 Å². The Morgan fingerprint density at radius 1 is 1.11 bits per heavy atom. The lowest BCUT2D eigenvalue weighted by atomic mass is 9.85. The van der Waals surface area contributed by atoms with Crippen molar-refractivity contribution in [2.75, 3.05) is 13.1 Å². The second-order valence-electron chi connectivity index (χ2n) is 14.0. The molecule has 2 aliphatic rings. The van der Waals surface area contributed by atoms with E-state index in [1.165, 1.54) is 17.2 Å². The summed E-state index contributed by atoms with van der Waals surface area (Å²) < 4.78 is 40.4. The number of carbonyl (C=O) groups is 6. The van der Waals surface area contributed by atoms with Gasteiger partial charge in [0, 0.05) is 24.7 Å². The Morgan fingerprint density at radius 3 is 2.26 bits per heavy atom. The first-order valence-electron chi connectivity index (χ1n) is 15.2. The zero-order valence-electron chi connectivity index (χ0n) is 27.5. The Morgan fingerprint density at radius 2 is 1.74 bits per heavy atom. The molecule has 1 aromatic heterocycles. The van der Waals surface area contributed by atoms with Crippen molar-refractivity contribution < 1.29 is 41.9 Å². The number of rotatable bonds is 13. The standard InChI is InChI=1S/C31H43F3N6O6S/c1-9-10-35-25(44)21(41)17(13-31(32,33)34)37-24(43)20-18-16(30(18,7)8)14-40(20)27(45)23(29(4,5)6)39-28(46)38-19(15(2)3)22(42)26-36-11-12-47-26/h9,11-12,15-20,23H,1,10,13-14H2,2-8H3,(H,35,44)(H,37,43)(H2,38,39,46)/t16-,17?,18-,19-,20-,23+/m0/s1. The van der Waals surface area contributed by atoms with Crippen LogP contribution in [0.15, 0.2) is 24.2 Å². The predicted molar refractivity (Wildman–Crippen MR) is 167 cm³/mol. The van der Waals surface area contributed by atoms with Crippen molar-refractivity contribution >= 4 is 46.7 Å². The lowest BCUT2D eigenvalue weighted by molar-refractivity contribution is -0.155. The van der Waals surface area contributed by atoms with Gasteiger partial charge in [-0.3, -0.25) is 24.0 Å². The molecule has 1 saturated heterocycles. The highest BCUT2D eigenvalue weighted by molar-refractivity contribution is 7.11. The van der Waals surface area contributed by atoms with E-state index in [4.69, 9.17) is 0 Å². The second kappa shape index (κ2) is 14.1. The van der Waals surface area contributed by atoms with E-state index in [1.54, 1.807) is 40.0 Å². The minimum Gasteiger partial charge on any atom is -0.346 e. The molecule has 0 bridgehead atoms. The summed E-state index contributed by atoms with van der Waals surface area (Å²) in [6.45, 7) is 15.6. The molecule has 4 N–H and O–H groups in total. The second-order valence-corrected chi connectivity index (χ2v) is 14.9. The molecule has 47 heavy (non-hydrogen) atoms. The number of likely N-dealkylation sites (tertiary alicyclic amines) is 1. The van der Waals surface area contributed by atoms with Gasteiger partial charge in [0.25, 0.3) is 5.91 Å². The van der Waals surface area contributed by atoms with E-state index in [0.29, 0.717) is 0 Å². The van der Waals surface area contributed by atoms with Crippen molar-refractivity contribution in [3.8, 4) is 0 Å². The predicted octanol–water partition coefficient (Wildman–Crippen LogP) is 2.86. The molecule has 2 heterocycles. The topological polar surface area (TPSA) is 167 Å². The molecule has 2 fully saturated rings. The summed E-state index contributed by atoms with van der Waals surface area (Å²) in [4.78, 5) is 84.3. The van der Waals surface area contributed by atoms with Crippen LogP contribution in [0.4, 0.5) is 18.0 Å². The monoisotopic (exact) mass is 684 g/mol. The molecule has 0 radical (unpaired) electrons. The van der Waals surface area contributed by atoms with Gasteiger partial charge < -0.3 is 26.2 Å². The number of urea groups is 1. The van der Waals surface area contributed by atoms with Crippen molar-refractivity contribution in [1.29, 1.82) is 0 Å². The number of Topliss-reactive ketones (excluding diaryl/α,β-unsaturated/α-hetero) is 2. The lowest BCUT2D eigenvalue weighted by Gasteiger charge is -2.38. The number of aromatic nitrogens is 1. The number of hydrogen-bond donors (Lipinski definition) is 4. The number of halogens is 3. The van der Waals surface area contributed by atoms with Crippen molar-refractivity contribution in [3.05, 3.63) is 29.2 Å². The number of carbonyl (C=O) groups excluding carboxylic acids is 6. The van der Waals surface area contributed by atoms with Crippen molar-refractivity contribution in [2.45, 2.75) is 85.2 Å². The number of hydrogen-bond acceptors (Lipinski definition) is 8. The van der Waals surface area contributed by atoms with Crippen LogP contribution in [0.3, 0.4) is 0 Å². The lowest BCUT2D eigenvalue weighted by Crippen LogP contribution is -2.62. The van der Waals surface area contributed by atoms with E-state index in [0.717, 1.165) is 11.3 Å². The molecule has 0 spiro atoms. The molecule has 1 unspecified atom stereocenters. The van der Waals surface area contributed by atoms with Crippen LogP contribution >= 0.6 is 11.3 Å². The number of amides is 5. The van der Waals surface area contributed by atoms with Crippen LogP contribution < -0.4 is 21.3 Å². The molecular weight excluding hydrogens is 641 g/mol. The van der Waals surface area contributed by atoms with Gasteiger partial charge in [-0.1, -0.05) is 54.5 Å². The third kappa shape index (κ3) is 8.76. The number of thiazole rings is 1. The highest BCUT2D eigenvalue weighted by Gasteiger charge is 2.70. The number of fused-ring (bicyclic) bond motifs is 1. The van der Waals surface area contributed by atoms with Crippen LogP contribution in [-0.2, 0) is 19.2 Å². The number of nitrogens with one attached hydrogen (secondary N) is 4. The average molecular weight is 685 g/mol. The van der Waals surface area contributed by atoms with E-state index in [9.17, 15) is 41.9 Å². The van der Waals surface area contributed by atoms with Crippen LogP contribution in [0.2, 0.25) is 0 Å². The molecule has 6 atom stereocenters. The van der Waals surface area contributed by atoms with Crippen LogP contribution in [-0.4, -0.2) is 88.6 Å². The van der Waals surface area contributed by atoms with E-state index in [1.807, 2.05) is 13.8 Å². The fourth-order valence-electron chi connectivity index (χ4n) is 6.06. The minimum absolute atomic E-state index is 0.0827. The van der Waals surface area contributed by atoms with Crippen molar-refractivity contribution in [1.82, 2.24) is 31.2 Å². The zero-order chi connectivity index (χ0) is 35.6. The Kier molecular flexibility index (Phi) is 11.3. The fraction of sp³-hybridized carbons (Fsp3) is 0.645. The molecular formula is C31H43F3N6O6S. The summed E-state index contributed by atoms with van der Waals surface area (Å²) in [6.07, 6.45) is -3.98. The first-order valence-corrected chi connectivity index (χ1v) is 16.1. The third-order valence-corrected chi connectivity index (χ3v) is 9.51. The van der Waals surface area contributed by atoms with E-state index >= 15 is 0 Å². The highest BCUT2D eigenvalue weighted by Crippen LogP contribution is 2.65. The van der Waals surface area contributed by atoms with Gasteiger partial charge in [-0.2, -0.15) is 13.2 Å². The Balaban J connectivity index is 1.86. The molecule has 1 saturated carbocycles. The summed E-state index contributed by atoms with van der Waals surface area (Å²) in [5, 5.41) is 11.3. The number of ketones is 2. The van der Waals surface area contributed by atoms with E-state index < -0.39 is 88.8 Å². The van der Waals surface area contributed by atoms with Gasteiger partial charge in [0.15, 0.2) is 5.01 Å². The Labute approximate surface area is 275 Å². The van der Waals surface area contributed by atoms with Gasteiger partial charge in [-0.05, 0) is 28.6 Å². The SMILES string of the molecule is C=CCNC(=O)C(=O)C(CC(F)(F)F)NC(=O)[C@@H]1[C@@H]2[C@H](CN1C(=O)[C@@H](NC(=O)N[C@H](C(=O)c1nccs1)C(C)C)C(C)(C)C)C2(C)C. The average Bonchev–Trinajstić information content (AvgIpc) is 3.41. The first kappa shape index (κ1) is 37.6. The maximum absolute atomic E-state index is 14.1. The summed E-state index contributed by atoms with van der Waals surface area (Å²) in [5.74, 6) is -5.83. The quantitative estimate of drug-likeness (QED) is 0.141. The smallest absolute Gasteiger partial charge is 0.346 e. The molecule has 12 nitrogen and oxygen atoms in total. The largest absolute Gasteiger partial charge is 0.391 e. The Hall–Kier alpha value is -3.82. The van der Waals surface area contributed by atoms with Gasteiger partial charge in [0.05, 0.1) is 12.5 Å². The maximum atomic E-state index is 14.1. The van der Waals surface area contributed by atoms with Crippen LogP contribution in [0.25, 0.3) is 0 Å². The van der Waals surface area contributed by atoms with Crippen LogP contribution in [0.1, 0.15) is 64.7 Å². The maximum Gasteiger partial charge on any atom is 0.391 e. The molecule has 16 heteroatoms. The fourth-order valence-corrected chi connectivity index (χ4v) is 6.68. The van der Waals surface area contributed by atoms with Crippen molar-refractivity contribution in [3.63, 3.8) is 0 Å². The highest BCUT2D eigenvalue weighted by atomic mass is 32.1. The molecule has 1 aliphatic carbocycles. The molecule has 3 rings (SSSR count). The van der Waals surface area contributed by atoms with Gasteiger partial charge >= 0.3 is 12.2 Å². The van der Waals surface area contributed by atoms with Gasteiger partial charge in [-0.25, -0.2) is 9.78 Å². The minimum atomic E-state index is -4.90. The number of alkyl halides is 3. The summed E-state index contributed by atoms with van der Waals surface area (Å²) in [5.41, 5.74) is -1.35. The summed E-state index contributed by atoms with van der Waals surface area (Å²) in [6, 6.07) is -6.49. The normalized spacial score (nSPS) is 21.9. The summed E-state index contributed by atoms with van der Waals surface area (Å²) >= 11 is 1.12. The van der Waals surface area contributed by atoms with E-state index in [-0.39, 0.29) is 29.9 Å². The Bertz CT molecular complexity index is 1390.